The third-order valence-electron chi connectivity index (χ3n) is 5.29. The second-order valence-electron chi connectivity index (χ2n) is 7.35. The number of fused-ring (bicyclic) bond motifs is 1. The number of aliphatic imine (C=N–C) groups is 1. The Morgan fingerprint density at radius 2 is 2.03 bits per heavy atom. The number of nitrogens with zero attached hydrogens (tertiary/aromatic N) is 2. The smallest absolute Gasteiger partial charge is 0.214 e. The van der Waals surface area contributed by atoms with Gasteiger partial charge in [0.2, 0.25) is 10.0 Å². The monoisotopic (exact) mass is 552 g/mol. The van der Waals surface area contributed by atoms with Crippen molar-refractivity contribution in [1.29, 1.82) is 0 Å². The van der Waals surface area contributed by atoms with E-state index in [-0.39, 0.29) is 41.6 Å². The maximum Gasteiger partial charge on any atom is 0.214 e. The highest BCUT2D eigenvalue weighted by Crippen LogP contribution is 2.25. The molecule has 1 fully saturated rings. The summed E-state index contributed by atoms with van der Waals surface area (Å²) in [6, 6.07) is 4.65. The highest BCUT2D eigenvalue weighted by Gasteiger charge is 2.27. The van der Waals surface area contributed by atoms with Crippen LogP contribution in [0.2, 0.25) is 0 Å². The normalized spacial score (nSPS) is 16.5. The lowest BCUT2D eigenvalue weighted by atomic mass is 10.1. The Bertz CT molecular complexity index is 985. The fourth-order valence-electron chi connectivity index (χ4n) is 3.63. The summed E-state index contributed by atoms with van der Waals surface area (Å²) in [5.41, 5.74) is 1.56. The van der Waals surface area contributed by atoms with Gasteiger partial charge in [-0.2, -0.15) is 0 Å². The summed E-state index contributed by atoms with van der Waals surface area (Å²) >= 11 is 0. The summed E-state index contributed by atoms with van der Waals surface area (Å²) in [6.07, 6.45) is 2.09. The Labute approximate surface area is 194 Å². The van der Waals surface area contributed by atoms with Gasteiger partial charge < -0.3 is 15.1 Å². The largest absolute Gasteiger partial charge is 0.459 e. The SMILES string of the molecule is CCCS(=O)(=O)N1CCC(NC(=NC)NCc2oc3ccc(F)cc3c2C)CC1.I. The lowest BCUT2D eigenvalue weighted by Crippen LogP contribution is -2.49. The van der Waals surface area contributed by atoms with Crippen molar-refractivity contribution in [2.45, 2.75) is 45.7 Å². The van der Waals surface area contributed by atoms with E-state index >= 15 is 0 Å². The molecular weight excluding hydrogens is 522 g/mol. The highest BCUT2D eigenvalue weighted by molar-refractivity contribution is 14.0. The minimum Gasteiger partial charge on any atom is -0.459 e. The molecule has 168 valence electrons. The van der Waals surface area contributed by atoms with E-state index in [0.29, 0.717) is 37.6 Å². The van der Waals surface area contributed by atoms with E-state index < -0.39 is 10.0 Å². The van der Waals surface area contributed by atoms with Crippen molar-refractivity contribution in [3.63, 3.8) is 0 Å². The minimum atomic E-state index is -3.14. The van der Waals surface area contributed by atoms with Crippen LogP contribution >= 0.6 is 24.0 Å². The molecule has 2 aromatic rings. The molecule has 2 N–H and O–H groups in total. The van der Waals surface area contributed by atoms with Gasteiger partial charge in [-0.3, -0.25) is 4.99 Å². The van der Waals surface area contributed by atoms with Gasteiger partial charge in [0.25, 0.3) is 0 Å². The summed E-state index contributed by atoms with van der Waals surface area (Å²) < 4.78 is 45.3. The number of hydrogen-bond donors (Lipinski definition) is 2. The lowest BCUT2D eigenvalue weighted by Gasteiger charge is -2.32. The average Bonchev–Trinajstić information content (AvgIpc) is 3.01. The van der Waals surface area contributed by atoms with Crippen molar-refractivity contribution < 1.29 is 17.2 Å². The van der Waals surface area contributed by atoms with Gasteiger partial charge in [0.05, 0.1) is 12.3 Å². The Morgan fingerprint density at radius 3 is 2.67 bits per heavy atom. The summed E-state index contributed by atoms with van der Waals surface area (Å²) in [5, 5.41) is 7.36. The number of piperidine rings is 1. The van der Waals surface area contributed by atoms with Crippen LogP contribution in [-0.2, 0) is 16.6 Å². The number of aryl methyl sites for hydroxylation is 1. The molecule has 10 heteroatoms. The van der Waals surface area contributed by atoms with E-state index in [9.17, 15) is 12.8 Å². The number of sulfonamides is 1. The molecule has 0 spiro atoms. The van der Waals surface area contributed by atoms with Crippen molar-refractivity contribution in [2.24, 2.45) is 4.99 Å². The van der Waals surface area contributed by atoms with Crippen LogP contribution < -0.4 is 10.6 Å². The maximum absolute atomic E-state index is 13.5. The van der Waals surface area contributed by atoms with Crippen molar-refractivity contribution in [1.82, 2.24) is 14.9 Å². The van der Waals surface area contributed by atoms with Gasteiger partial charge in [-0.1, -0.05) is 6.92 Å². The van der Waals surface area contributed by atoms with Crippen LogP contribution in [0, 0.1) is 12.7 Å². The third kappa shape index (κ3) is 5.85. The fourth-order valence-corrected chi connectivity index (χ4v) is 5.17. The standard InChI is InChI=1S/C20H29FN4O3S.HI/c1-4-11-29(26,27)25-9-7-16(8-10-25)24-20(22-3)23-13-19-14(2)17-12-15(21)5-6-18(17)28-19;/h5-6,12,16H,4,7-11,13H2,1-3H3,(H2,22,23,24);1H. The van der Waals surface area contributed by atoms with Crippen LogP contribution in [0.4, 0.5) is 4.39 Å². The maximum atomic E-state index is 13.5. The van der Waals surface area contributed by atoms with E-state index in [1.54, 1.807) is 17.4 Å². The molecule has 0 saturated carbocycles. The van der Waals surface area contributed by atoms with Gasteiger partial charge in [0, 0.05) is 37.1 Å². The third-order valence-corrected chi connectivity index (χ3v) is 7.36. The average molecular weight is 552 g/mol. The summed E-state index contributed by atoms with van der Waals surface area (Å²) in [4.78, 5) is 4.25. The zero-order valence-corrected chi connectivity index (χ0v) is 20.7. The Hall–Kier alpha value is -1.40. The lowest BCUT2D eigenvalue weighted by molar-refractivity contribution is 0.306. The molecule has 1 saturated heterocycles. The molecule has 1 aliphatic heterocycles. The number of hydrogen-bond acceptors (Lipinski definition) is 4. The molecule has 1 aromatic heterocycles. The van der Waals surface area contributed by atoms with Crippen LogP contribution in [0.5, 0.6) is 0 Å². The number of benzene rings is 1. The van der Waals surface area contributed by atoms with E-state index in [1.165, 1.54) is 12.1 Å². The Morgan fingerprint density at radius 1 is 1.33 bits per heavy atom. The van der Waals surface area contributed by atoms with Gasteiger partial charge in [-0.25, -0.2) is 17.1 Å². The van der Waals surface area contributed by atoms with Crippen molar-refractivity contribution in [3.8, 4) is 0 Å². The summed E-state index contributed by atoms with van der Waals surface area (Å²) in [5.74, 6) is 1.28. The predicted octanol–water partition coefficient (Wildman–Crippen LogP) is 3.37. The number of furan rings is 1. The van der Waals surface area contributed by atoms with Gasteiger partial charge in [-0.05, 0) is 44.4 Å². The molecule has 0 radical (unpaired) electrons. The van der Waals surface area contributed by atoms with E-state index in [4.69, 9.17) is 4.42 Å². The van der Waals surface area contributed by atoms with Crippen LogP contribution in [0.1, 0.15) is 37.5 Å². The molecule has 3 rings (SSSR count). The number of halogens is 2. The van der Waals surface area contributed by atoms with Gasteiger partial charge in [0.1, 0.15) is 17.2 Å². The van der Waals surface area contributed by atoms with Gasteiger partial charge in [-0.15, -0.1) is 24.0 Å². The molecule has 0 amide bonds. The van der Waals surface area contributed by atoms with Crippen molar-refractivity contribution in [3.05, 3.63) is 35.3 Å². The van der Waals surface area contributed by atoms with Crippen LogP contribution in [-0.4, -0.2) is 50.6 Å². The summed E-state index contributed by atoms with van der Waals surface area (Å²) in [7, 11) is -1.45. The topological polar surface area (TPSA) is 86.9 Å². The molecule has 0 aliphatic carbocycles. The predicted molar refractivity (Wildman–Crippen MR) is 128 cm³/mol. The number of guanidine groups is 1. The Kier molecular flexibility index (Phi) is 8.92. The molecule has 0 atom stereocenters. The van der Waals surface area contributed by atoms with Crippen molar-refractivity contribution >= 4 is 50.9 Å². The molecule has 7 nitrogen and oxygen atoms in total. The fraction of sp³-hybridized carbons (Fsp3) is 0.550. The zero-order valence-electron chi connectivity index (χ0n) is 17.6. The van der Waals surface area contributed by atoms with Gasteiger partial charge >= 0.3 is 0 Å². The van der Waals surface area contributed by atoms with E-state index in [0.717, 1.165) is 29.6 Å². The van der Waals surface area contributed by atoms with Crippen LogP contribution in [0.3, 0.4) is 0 Å². The van der Waals surface area contributed by atoms with E-state index in [2.05, 4.69) is 15.6 Å². The second-order valence-corrected chi connectivity index (χ2v) is 9.44. The first-order valence-corrected chi connectivity index (χ1v) is 11.6. The molecule has 0 unspecified atom stereocenters. The van der Waals surface area contributed by atoms with Crippen LogP contribution in [0.25, 0.3) is 11.0 Å². The molecule has 1 aromatic carbocycles. The van der Waals surface area contributed by atoms with Crippen molar-refractivity contribution in [2.75, 3.05) is 25.9 Å². The summed E-state index contributed by atoms with van der Waals surface area (Å²) in [6.45, 7) is 5.24. The molecule has 0 bridgehead atoms. The Balaban J connectivity index is 0.00000320. The first-order chi connectivity index (χ1) is 13.8. The van der Waals surface area contributed by atoms with Crippen LogP contribution in [0.15, 0.2) is 27.6 Å². The zero-order chi connectivity index (χ0) is 21.0. The highest BCUT2D eigenvalue weighted by atomic mass is 127. The number of nitrogens with one attached hydrogen (secondary N) is 2. The molecular formula is C20H30FIN4O3S. The minimum absolute atomic E-state index is 0. The molecule has 2 heterocycles. The first-order valence-electron chi connectivity index (χ1n) is 9.96. The molecule has 1 aliphatic rings. The van der Waals surface area contributed by atoms with E-state index in [1.807, 2.05) is 13.8 Å². The van der Waals surface area contributed by atoms with Gasteiger partial charge in [0.15, 0.2) is 5.96 Å². The second kappa shape index (κ2) is 10.8. The quantitative estimate of drug-likeness (QED) is 0.326. The first kappa shape index (κ1) is 24.9. The number of rotatable bonds is 6. The molecule has 30 heavy (non-hydrogen) atoms.